The van der Waals surface area contributed by atoms with E-state index in [1.165, 1.54) is 12.8 Å². The fraction of sp³-hybridized carbons (Fsp3) is 1.00. The summed E-state index contributed by atoms with van der Waals surface area (Å²) in [6, 6.07) is 0. The predicted molar refractivity (Wildman–Crippen MR) is 48.2 cm³/mol. The first kappa shape index (κ1) is 8.48. The summed E-state index contributed by atoms with van der Waals surface area (Å²) in [5.41, 5.74) is 0.446. The molecule has 0 aromatic carbocycles. The van der Waals surface area contributed by atoms with Crippen LogP contribution < -0.4 is 10.6 Å². The Labute approximate surface area is 73.9 Å². The summed E-state index contributed by atoms with van der Waals surface area (Å²) in [7, 11) is 0. The normalized spacial score (nSPS) is 30.0. The van der Waals surface area contributed by atoms with Crippen molar-refractivity contribution in [2.24, 2.45) is 5.41 Å². The van der Waals surface area contributed by atoms with Gasteiger partial charge in [-0.2, -0.15) is 0 Å². The Kier molecular flexibility index (Phi) is 2.63. The van der Waals surface area contributed by atoms with Crippen molar-refractivity contribution in [3.8, 4) is 0 Å². The predicted octanol–water partition coefficient (Wildman–Crippen LogP) is -0.0240. The topological polar surface area (TPSA) is 33.3 Å². The van der Waals surface area contributed by atoms with E-state index in [-0.39, 0.29) is 0 Å². The summed E-state index contributed by atoms with van der Waals surface area (Å²) in [4.78, 5) is 0. The molecular weight excluding hydrogens is 152 g/mol. The lowest BCUT2D eigenvalue weighted by atomic mass is 9.80. The molecule has 0 bridgehead atoms. The highest BCUT2D eigenvalue weighted by molar-refractivity contribution is 4.87. The zero-order valence-corrected chi connectivity index (χ0v) is 7.57. The second-order valence-corrected chi connectivity index (χ2v) is 3.98. The first-order valence-electron chi connectivity index (χ1n) is 4.91. The second-order valence-electron chi connectivity index (χ2n) is 3.98. The van der Waals surface area contributed by atoms with Gasteiger partial charge < -0.3 is 15.4 Å². The van der Waals surface area contributed by atoms with Crippen LogP contribution in [0.1, 0.15) is 12.8 Å². The Morgan fingerprint density at radius 3 is 2.67 bits per heavy atom. The third-order valence-electron chi connectivity index (χ3n) is 3.00. The van der Waals surface area contributed by atoms with Crippen LogP contribution >= 0.6 is 0 Å². The van der Waals surface area contributed by atoms with E-state index in [0.717, 1.165) is 39.4 Å². The van der Waals surface area contributed by atoms with E-state index in [2.05, 4.69) is 10.6 Å². The molecule has 2 rings (SSSR count). The third kappa shape index (κ3) is 1.79. The molecule has 0 aromatic heterocycles. The van der Waals surface area contributed by atoms with Gasteiger partial charge in [-0.25, -0.2) is 0 Å². The van der Waals surface area contributed by atoms with Gasteiger partial charge in [0.2, 0.25) is 0 Å². The van der Waals surface area contributed by atoms with E-state index in [1.54, 1.807) is 0 Å². The van der Waals surface area contributed by atoms with Gasteiger partial charge in [-0.05, 0) is 25.9 Å². The van der Waals surface area contributed by atoms with Gasteiger partial charge in [-0.1, -0.05) is 0 Å². The summed E-state index contributed by atoms with van der Waals surface area (Å²) in [6.45, 7) is 6.33. The average molecular weight is 170 g/mol. The van der Waals surface area contributed by atoms with E-state index in [4.69, 9.17) is 4.74 Å². The average Bonchev–Trinajstić information content (AvgIpc) is 2.33. The maximum absolute atomic E-state index is 5.60. The van der Waals surface area contributed by atoms with E-state index in [9.17, 15) is 0 Å². The van der Waals surface area contributed by atoms with Crippen LogP contribution in [-0.4, -0.2) is 39.4 Å². The van der Waals surface area contributed by atoms with E-state index >= 15 is 0 Å². The minimum absolute atomic E-state index is 0.446. The summed E-state index contributed by atoms with van der Waals surface area (Å²) in [5.74, 6) is 0. The molecule has 2 heterocycles. The Bertz CT molecular complexity index is 133. The maximum atomic E-state index is 5.60. The molecule has 0 radical (unpaired) electrons. The molecule has 0 unspecified atom stereocenters. The number of ether oxygens (including phenoxy) is 1. The van der Waals surface area contributed by atoms with E-state index in [0.29, 0.717) is 5.41 Å². The van der Waals surface area contributed by atoms with Crippen molar-refractivity contribution < 1.29 is 4.74 Å². The highest BCUT2D eigenvalue weighted by atomic mass is 16.5. The lowest BCUT2D eigenvalue weighted by molar-refractivity contribution is 0.0493. The van der Waals surface area contributed by atoms with Crippen molar-refractivity contribution in [3.05, 3.63) is 0 Å². The molecule has 2 aliphatic rings. The van der Waals surface area contributed by atoms with Crippen molar-refractivity contribution in [1.29, 1.82) is 0 Å². The molecule has 3 heteroatoms. The molecule has 0 amide bonds. The van der Waals surface area contributed by atoms with Crippen LogP contribution in [0, 0.1) is 5.41 Å². The van der Waals surface area contributed by atoms with Gasteiger partial charge in [-0.3, -0.25) is 0 Å². The maximum Gasteiger partial charge on any atom is 0.0591 e. The highest BCUT2D eigenvalue weighted by Crippen LogP contribution is 2.29. The smallest absolute Gasteiger partial charge is 0.0591 e. The van der Waals surface area contributed by atoms with Gasteiger partial charge in [-0.15, -0.1) is 0 Å². The zero-order chi connectivity index (χ0) is 8.28. The Morgan fingerprint density at radius 1 is 1.00 bits per heavy atom. The van der Waals surface area contributed by atoms with Crippen LogP contribution in [0.5, 0.6) is 0 Å². The van der Waals surface area contributed by atoms with Crippen molar-refractivity contribution in [3.63, 3.8) is 0 Å². The number of nitrogens with one attached hydrogen (secondary N) is 2. The SMILES string of the molecule is C1CC2(CCN1)CNCCOC2. The number of rotatable bonds is 0. The Morgan fingerprint density at radius 2 is 1.83 bits per heavy atom. The molecule has 2 N–H and O–H groups in total. The standard InChI is InChI=1S/C9H18N2O/c1-3-10-4-2-9(1)7-11-5-6-12-8-9/h10-11H,1-8H2. The van der Waals surface area contributed by atoms with Gasteiger partial charge in [0.05, 0.1) is 13.2 Å². The van der Waals surface area contributed by atoms with Crippen LogP contribution in [0.2, 0.25) is 0 Å². The van der Waals surface area contributed by atoms with Crippen molar-refractivity contribution in [2.75, 3.05) is 39.4 Å². The lowest BCUT2D eigenvalue weighted by Gasteiger charge is -2.35. The molecule has 2 fully saturated rings. The number of hydrogen-bond donors (Lipinski definition) is 2. The molecule has 12 heavy (non-hydrogen) atoms. The molecule has 0 aromatic rings. The van der Waals surface area contributed by atoms with Gasteiger partial charge >= 0.3 is 0 Å². The molecule has 1 spiro atoms. The largest absolute Gasteiger partial charge is 0.380 e. The zero-order valence-electron chi connectivity index (χ0n) is 7.57. The minimum atomic E-state index is 0.446. The molecule has 0 aliphatic carbocycles. The fourth-order valence-corrected chi connectivity index (χ4v) is 2.12. The van der Waals surface area contributed by atoms with Crippen LogP contribution in [0.15, 0.2) is 0 Å². The Balaban J connectivity index is 1.95. The molecule has 2 saturated heterocycles. The van der Waals surface area contributed by atoms with E-state index < -0.39 is 0 Å². The van der Waals surface area contributed by atoms with Crippen molar-refractivity contribution in [2.45, 2.75) is 12.8 Å². The quantitative estimate of drug-likeness (QED) is 0.536. The van der Waals surface area contributed by atoms with Crippen LogP contribution in [0.25, 0.3) is 0 Å². The first-order chi connectivity index (χ1) is 5.91. The minimum Gasteiger partial charge on any atom is -0.380 e. The van der Waals surface area contributed by atoms with Gasteiger partial charge in [0.1, 0.15) is 0 Å². The second kappa shape index (κ2) is 3.73. The van der Waals surface area contributed by atoms with E-state index in [1.807, 2.05) is 0 Å². The number of hydrogen-bond acceptors (Lipinski definition) is 3. The Hall–Kier alpha value is -0.120. The molecule has 0 atom stereocenters. The lowest BCUT2D eigenvalue weighted by Crippen LogP contribution is -2.44. The summed E-state index contributed by atoms with van der Waals surface area (Å²) in [6.07, 6.45) is 2.53. The van der Waals surface area contributed by atoms with Crippen molar-refractivity contribution in [1.82, 2.24) is 10.6 Å². The third-order valence-corrected chi connectivity index (χ3v) is 3.00. The summed E-state index contributed by atoms with van der Waals surface area (Å²) >= 11 is 0. The van der Waals surface area contributed by atoms with Crippen LogP contribution in [-0.2, 0) is 4.74 Å². The fourth-order valence-electron chi connectivity index (χ4n) is 2.12. The highest BCUT2D eigenvalue weighted by Gasteiger charge is 2.32. The molecule has 0 saturated carbocycles. The van der Waals surface area contributed by atoms with Gasteiger partial charge in [0.15, 0.2) is 0 Å². The number of piperidine rings is 1. The summed E-state index contributed by atoms with van der Waals surface area (Å²) < 4.78 is 5.60. The molecule has 70 valence electrons. The molecule has 3 nitrogen and oxygen atoms in total. The van der Waals surface area contributed by atoms with Crippen molar-refractivity contribution >= 4 is 0 Å². The first-order valence-corrected chi connectivity index (χ1v) is 4.91. The van der Waals surface area contributed by atoms with Gasteiger partial charge in [0, 0.05) is 18.5 Å². The van der Waals surface area contributed by atoms with Crippen LogP contribution in [0.3, 0.4) is 0 Å². The monoisotopic (exact) mass is 170 g/mol. The van der Waals surface area contributed by atoms with Gasteiger partial charge in [0.25, 0.3) is 0 Å². The molecule has 2 aliphatic heterocycles. The molecular formula is C9H18N2O. The van der Waals surface area contributed by atoms with Crippen LogP contribution in [0.4, 0.5) is 0 Å². The summed E-state index contributed by atoms with van der Waals surface area (Å²) in [5, 5.41) is 6.85.